The van der Waals surface area contributed by atoms with Gasteiger partial charge in [0.2, 0.25) is 0 Å². The smallest absolute Gasteiger partial charge is 0.407 e. The molecule has 3 rings (SSSR count). The fourth-order valence-electron chi connectivity index (χ4n) is 3.34. The molecule has 12 nitrogen and oxygen atoms in total. The fraction of sp³-hybridized carbons (Fsp3) is 0.609. The first-order valence-corrected chi connectivity index (χ1v) is 11.7. The van der Waals surface area contributed by atoms with E-state index in [4.69, 9.17) is 19.1 Å². The van der Waals surface area contributed by atoms with Crippen LogP contribution in [0.5, 0.6) is 0 Å². The molecule has 3 N–H and O–H groups in total. The molecule has 1 aromatic rings. The van der Waals surface area contributed by atoms with Crippen molar-refractivity contribution in [1.82, 2.24) is 26.4 Å². The molecular formula is C23H36N6O6. The summed E-state index contributed by atoms with van der Waals surface area (Å²) < 4.78 is 11.0. The number of pyridine rings is 1. The van der Waals surface area contributed by atoms with E-state index in [0.717, 1.165) is 11.4 Å². The number of hydroxylamine groups is 1. The Hall–Kier alpha value is -2.93. The van der Waals surface area contributed by atoms with Gasteiger partial charge in [-0.15, -0.1) is 0 Å². The van der Waals surface area contributed by atoms with Gasteiger partial charge < -0.3 is 24.5 Å². The lowest BCUT2D eigenvalue weighted by molar-refractivity contribution is -0.205. The van der Waals surface area contributed by atoms with E-state index in [1.54, 1.807) is 6.20 Å². The highest BCUT2D eigenvalue weighted by Gasteiger charge is 2.42. The SMILES string of the molecule is CN(C)c1ccc(C2OC2N[C@@H](CCCCNC(=O)OC(C)(C)C)C(=O)CON2C=CON2)cn1. The number of ether oxygens (including phenoxy) is 2. The third kappa shape index (κ3) is 8.98. The van der Waals surface area contributed by atoms with Crippen molar-refractivity contribution in [3.05, 3.63) is 36.4 Å². The van der Waals surface area contributed by atoms with E-state index < -0.39 is 17.7 Å². The topological polar surface area (TPSA) is 130 Å². The van der Waals surface area contributed by atoms with E-state index >= 15 is 0 Å². The first-order chi connectivity index (χ1) is 16.6. The Morgan fingerprint density at radius 1 is 1.29 bits per heavy atom. The fourth-order valence-corrected chi connectivity index (χ4v) is 3.34. The van der Waals surface area contributed by atoms with Gasteiger partial charge in [-0.05, 0) is 51.7 Å². The number of ketones is 1. The summed E-state index contributed by atoms with van der Waals surface area (Å²) in [5.74, 6) is 0.736. The van der Waals surface area contributed by atoms with Gasteiger partial charge in [0.15, 0.2) is 5.78 Å². The van der Waals surface area contributed by atoms with Crippen molar-refractivity contribution in [2.75, 3.05) is 32.1 Å². The van der Waals surface area contributed by atoms with Crippen LogP contribution in [-0.2, 0) is 23.9 Å². The molecule has 0 spiro atoms. The maximum absolute atomic E-state index is 12.9. The number of carbonyl (C=O) groups excluding carboxylic acids is 2. The number of anilines is 1. The molecule has 2 aliphatic heterocycles. The summed E-state index contributed by atoms with van der Waals surface area (Å²) in [6, 6.07) is 3.43. The van der Waals surface area contributed by atoms with Crippen LogP contribution >= 0.6 is 0 Å². The molecule has 0 aromatic carbocycles. The second-order valence-electron chi connectivity index (χ2n) is 9.52. The standard InChI is InChI=1S/C23H36N6O6/c1-23(2,3)35-22(31)24-11-7-6-8-17(18(30)15-33-29-12-13-32-27-29)26-21-20(34-21)16-9-10-19(25-14-16)28(4)5/h9-10,12-14,17,20-21,26-27H,6-8,11,15H2,1-5H3,(H,24,31)/t17-,20?,21?/m0/s1. The molecule has 1 fully saturated rings. The Labute approximate surface area is 205 Å². The molecule has 0 saturated carbocycles. The monoisotopic (exact) mass is 492 g/mol. The summed E-state index contributed by atoms with van der Waals surface area (Å²) in [6.45, 7) is 5.76. The molecule has 12 heteroatoms. The van der Waals surface area contributed by atoms with Crippen molar-refractivity contribution < 1.29 is 28.7 Å². The van der Waals surface area contributed by atoms with E-state index in [2.05, 4.69) is 21.2 Å². The summed E-state index contributed by atoms with van der Waals surface area (Å²) >= 11 is 0. The van der Waals surface area contributed by atoms with Crippen molar-refractivity contribution in [3.8, 4) is 0 Å². The Morgan fingerprint density at radius 2 is 2.09 bits per heavy atom. The highest BCUT2D eigenvalue weighted by Crippen LogP contribution is 2.37. The zero-order valence-corrected chi connectivity index (χ0v) is 20.9. The van der Waals surface area contributed by atoms with Crippen LogP contribution in [-0.4, -0.2) is 67.2 Å². The molecule has 0 bridgehead atoms. The van der Waals surface area contributed by atoms with Gasteiger partial charge in [0.25, 0.3) is 0 Å². The minimum absolute atomic E-state index is 0.123. The van der Waals surface area contributed by atoms with E-state index in [9.17, 15) is 9.59 Å². The van der Waals surface area contributed by atoms with Gasteiger partial charge >= 0.3 is 6.09 Å². The van der Waals surface area contributed by atoms with Gasteiger partial charge in [-0.1, -0.05) is 6.07 Å². The molecular weight excluding hydrogens is 456 g/mol. The summed E-state index contributed by atoms with van der Waals surface area (Å²) in [7, 11) is 3.86. The van der Waals surface area contributed by atoms with Crippen LogP contribution in [0.25, 0.3) is 0 Å². The van der Waals surface area contributed by atoms with Crippen molar-refractivity contribution >= 4 is 17.7 Å². The van der Waals surface area contributed by atoms with E-state index in [1.807, 2.05) is 51.9 Å². The van der Waals surface area contributed by atoms with Crippen LogP contribution in [0.2, 0.25) is 0 Å². The molecule has 35 heavy (non-hydrogen) atoms. The second kappa shape index (κ2) is 12.2. The van der Waals surface area contributed by atoms with Crippen molar-refractivity contribution in [2.24, 2.45) is 0 Å². The summed E-state index contributed by atoms with van der Waals surface area (Å²) in [4.78, 5) is 41.2. The van der Waals surface area contributed by atoms with Gasteiger partial charge in [-0.25, -0.2) is 14.6 Å². The second-order valence-corrected chi connectivity index (χ2v) is 9.52. The molecule has 3 heterocycles. The maximum Gasteiger partial charge on any atom is 0.407 e. The van der Waals surface area contributed by atoms with Crippen molar-refractivity contribution in [3.63, 3.8) is 0 Å². The quantitative estimate of drug-likeness (QED) is 0.276. The number of hydrogen-bond donors (Lipinski definition) is 3. The van der Waals surface area contributed by atoms with Gasteiger partial charge in [-0.2, -0.15) is 5.17 Å². The van der Waals surface area contributed by atoms with Crippen LogP contribution in [0.4, 0.5) is 10.6 Å². The number of nitrogens with zero attached hydrogens (tertiary/aromatic N) is 3. The van der Waals surface area contributed by atoms with Crippen molar-refractivity contribution in [2.45, 2.75) is 64.0 Å². The third-order valence-corrected chi connectivity index (χ3v) is 5.14. The Bertz CT molecular complexity index is 872. The first kappa shape index (κ1) is 26.7. The molecule has 194 valence electrons. The summed E-state index contributed by atoms with van der Waals surface area (Å²) in [5, 5.41) is 7.24. The normalized spacial score (nSPS) is 19.7. The molecule has 2 unspecified atom stereocenters. The lowest BCUT2D eigenvalue weighted by atomic mass is 10.0. The Kier molecular flexibility index (Phi) is 9.26. The highest BCUT2D eigenvalue weighted by molar-refractivity contribution is 5.85. The summed E-state index contributed by atoms with van der Waals surface area (Å²) in [5.41, 5.74) is 2.87. The zero-order valence-electron chi connectivity index (χ0n) is 20.9. The van der Waals surface area contributed by atoms with E-state index in [0.29, 0.717) is 25.8 Å². The number of alkyl carbamates (subject to hydrolysis) is 1. The first-order valence-electron chi connectivity index (χ1n) is 11.7. The van der Waals surface area contributed by atoms with Crippen molar-refractivity contribution in [1.29, 1.82) is 0 Å². The van der Waals surface area contributed by atoms with Crippen LogP contribution in [0.1, 0.15) is 51.7 Å². The molecule has 2 aliphatic rings. The van der Waals surface area contributed by atoms with Crippen LogP contribution in [0.15, 0.2) is 30.8 Å². The number of rotatable bonds is 13. The van der Waals surface area contributed by atoms with Crippen LogP contribution in [0.3, 0.4) is 0 Å². The Balaban J connectivity index is 1.47. The number of carbonyl (C=O) groups is 2. The minimum atomic E-state index is -0.543. The predicted molar refractivity (Wildman–Crippen MR) is 127 cm³/mol. The number of aromatic nitrogens is 1. The highest BCUT2D eigenvalue weighted by atomic mass is 16.8. The molecule has 1 aromatic heterocycles. The number of hydrazine groups is 1. The third-order valence-electron chi connectivity index (χ3n) is 5.14. The van der Waals surface area contributed by atoms with Gasteiger partial charge in [-0.3, -0.25) is 10.1 Å². The number of amides is 1. The lowest BCUT2D eigenvalue weighted by Crippen LogP contribution is -2.42. The Morgan fingerprint density at radius 3 is 2.71 bits per heavy atom. The number of unbranched alkanes of at least 4 members (excludes halogenated alkanes) is 1. The zero-order chi connectivity index (χ0) is 25.4. The van der Waals surface area contributed by atoms with Crippen LogP contribution < -0.4 is 21.1 Å². The molecule has 3 atom stereocenters. The molecule has 0 aliphatic carbocycles. The minimum Gasteiger partial charge on any atom is -0.444 e. The number of nitrogens with one attached hydrogen (secondary N) is 3. The van der Waals surface area contributed by atoms with Gasteiger partial charge in [0, 0.05) is 32.4 Å². The number of hydrogen-bond acceptors (Lipinski definition) is 11. The van der Waals surface area contributed by atoms with Gasteiger partial charge in [0.1, 0.15) is 36.6 Å². The van der Waals surface area contributed by atoms with Gasteiger partial charge in [0.05, 0.1) is 12.2 Å². The lowest BCUT2D eigenvalue weighted by Gasteiger charge is -2.20. The molecule has 1 amide bonds. The van der Waals surface area contributed by atoms with E-state index in [-0.39, 0.29) is 24.7 Å². The largest absolute Gasteiger partial charge is 0.444 e. The maximum atomic E-state index is 12.9. The predicted octanol–water partition coefficient (Wildman–Crippen LogP) is 1.92. The molecule has 1 saturated heterocycles. The van der Waals surface area contributed by atoms with Crippen LogP contribution in [0, 0.1) is 0 Å². The van der Waals surface area contributed by atoms with E-state index in [1.165, 1.54) is 17.6 Å². The average molecular weight is 493 g/mol. The molecule has 0 radical (unpaired) electrons. The summed E-state index contributed by atoms with van der Waals surface area (Å²) in [6.07, 6.45) is 5.76. The number of epoxide rings is 1. The average Bonchev–Trinajstić information content (AvgIpc) is 3.36. The number of Topliss-reactive ketones (excluding diaryl/α,β-unsaturated/α-hetero) is 1.